The molecule has 3 aromatic carbocycles. The summed E-state index contributed by atoms with van der Waals surface area (Å²) in [5.74, 6) is -0.579. The van der Waals surface area contributed by atoms with Gasteiger partial charge in [0.15, 0.2) is 0 Å². The van der Waals surface area contributed by atoms with E-state index >= 15 is 0 Å². The molecular weight excluding hydrogens is 562 g/mol. The Morgan fingerprint density at radius 1 is 1.00 bits per heavy atom. The van der Waals surface area contributed by atoms with E-state index in [9.17, 15) is 18.0 Å². The number of aryl methyl sites for hydroxylation is 1. The molecule has 0 fully saturated rings. The van der Waals surface area contributed by atoms with Crippen molar-refractivity contribution >= 4 is 39.1 Å². The molecule has 0 aromatic heterocycles. The maximum Gasteiger partial charge on any atom is 0.264 e. The van der Waals surface area contributed by atoms with E-state index in [1.54, 1.807) is 30.3 Å². The average Bonchev–Trinajstić information content (AvgIpc) is 2.97. The summed E-state index contributed by atoms with van der Waals surface area (Å²) in [6, 6.07) is 19.2. The number of anilines is 1. The third-order valence-electron chi connectivity index (χ3n) is 6.84. The standard InChI is InChI=1S/C31H38ClN3O5S/c1-5-7-19-33-31(37)27(6-2)34(21-24-14-12-11-13-23(24)3)30(36)22-35(28-20-25(32)17-18-29(28)40-4)41(38,39)26-15-9-8-10-16-26/h8-18,20,27H,5-7,19,21-22H2,1-4H3,(H,33,37). The number of nitrogens with one attached hydrogen (secondary N) is 1. The van der Waals surface area contributed by atoms with Gasteiger partial charge in [0.25, 0.3) is 10.0 Å². The molecule has 0 saturated carbocycles. The maximum absolute atomic E-state index is 14.2. The Kier molecular flexibility index (Phi) is 11.6. The fraction of sp³-hybridized carbons (Fsp3) is 0.355. The van der Waals surface area contributed by atoms with Gasteiger partial charge in [-0.2, -0.15) is 0 Å². The van der Waals surface area contributed by atoms with Gasteiger partial charge in [0.2, 0.25) is 11.8 Å². The molecule has 41 heavy (non-hydrogen) atoms. The first-order chi connectivity index (χ1) is 19.6. The number of rotatable bonds is 14. The molecule has 3 rings (SSSR count). The molecule has 0 aliphatic rings. The van der Waals surface area contributed by atoms with Crippen LogP contribution in [0.25, 0.3) is 0 Å². The Labute approximate surface area is 248 Å². The number of sulfonamides is 1. The van der Waals surface area contributed by atoms with Crippen molar-refractivity contribution in [3.8, 4) is 5.75 Å². The maximum atomic E-state index is 14.2. The average molecular weight is 600 g/mol. The van der Waals surface area contributed by atoms with Gasteiger partial charge in [-0.25, -0.2) is 8.42 Å². The second-order valence-electron chi connectivity index (χ2n) is 9.66. The number of carbonyl (C=O) groups is 2. The van der Waals surface area contributed by atoms with Crippen molar-refractivity contribution in [3.05, 3.63) is 88.9 Å². The van der Waals surface area contributed by atoms with Crippen molar-refractivity contribution < 1.29 is 22.7 Å². The Balaban J connectivity index is 2.10. The molecule has 1 unspecified atom stereocenters. The van der Waals surface area contributed by atoms with Gasteiger partial charge in [0, 0.05) is 18.1 Å². The third kappa shape index (κ3) is 8.01. The highest BCUT2D eigenvalue weighted by Gasteiger charge is 2.35. The normalized spacial score (nSPS) is 11.9. The fourth-order valence-corrected chi connectivity index (χ4v) is 6.09. The van der Waals surface area contributed by atoms with Crippen LogP contribution < -0.4 is 14.4 Å². The molecule has 0 spiro atoms. The molecule has 0 bridgehead atoms. The van der Waals surface area contributed by atoms with E-state index in [0.717, 1.165) is 28.3 Å². The summed E-state index contributed by atoms with van der Waals surface area (Å²) in [4.78, 5) is 29.0. The number of unbranched alkanes of at least 4 members (excludes halogenated alkanes) is 1. The van der Waals surface area contributed by atoms with E-state index in [1.807, 2.05) is 45.0 Å². The Bertz CT molecular complexity index is 1430. The summed E-state index contributed by atoms with van der Waals surface area (Å²) >= 11 is 6.29. The lowest BCUT2D eigenvalue weighted by Gasteiger charge is -2.33. The number of hydrogen-bond donors (Lipinski definition) is 1. The van der Waals surface area contributed by atoms with Crippen LogP contribution in [0.5, 0.6) is 5.75 Å². The van der Waals surface area contributed by atoms with Gasteiger partial charge >= 0.3 is 0 Å². The molecule has 220 valence electrons. The zero-order valence-corrected chi connectivity index (χ0v) is 25.5. The highest BCUT2D eigenvalue weighted by atomic mass is 35.5. The first kappa shape index (κ1) is 32.0. The first-order valence-corrected chi connectivity index (χ1v) is 15.5. The van der Waals surface area contributed by atoms with Gasteiger partial charge in [0.1, 0.15) is 18.3 Å². The van der Waals surface area contributed by atoms with Gasteiger partial charge < -0.3 is 15.0 Å². The van der Waals surface area contributed by atoms with Crippen LogP contribution in [0.15, 0.2) is 77.7 Å². The first-order valence-electron chi connectivity index (χ1n) is 13.7. The smallest absolute Gasteiger partial charge is 0.264 e. The van der Waals surface area contributed by atoms with Gasteiger partial charge in [-0.3, -0.25) is 13.9 Å². The summed E-state index contributed by atoms with van der Waals surface area (Å²) in [6.07, 6.45) is 2.07. The van der Waals surface area contributed by atoms with Crippen molar-refractivity contribution in [2.75, 3.05) is 24.5 Å². The lowest BCUT2D eigenvalue weighted by molar-refractivity contribution is -0.140. The molecule has 0 heterocycles. The number of ether oxygens (including phenoxy) is 1. The van der Waals surface area contributed by atoms with Crippen LogP contribution >= 0.6 is 11.6 Å². The molecule has 10 heteroatoms. The minimum Gasteiger partial charge on any atom is -0.495 e. The fourth-order valence-electron chi connectivity index (χ4n) is 4.49. The predicted molar refractivity (Wildman–Crippen MR) is 163 cm³/mol. The molecule has 1 N–H and O–H groups in total. The summed E-state index contributed by atoms with van der Waals surface area (Å²) < 4.78 is 34.5. The lowest BCUT2D eigenvalue weighted by Crippen LogP contribution is -2.52. The van der Waals surface area contributed by atoms with Crippen LogP contribution in [-0.4, -0.2) is 51.4 Å². The molecular formula is C31H38ClN3O5S. The molecule has 0 saturated heterocycles. The molecule has 0 aliphatic heterocycles. The van der Waals surface area contributed by atoms with E-state index in [2.05, 4.69) is 5.32 Å². The van der Waals surface area contributed by atoms with Crippen molar-refractivity contribution in [2.24, 2.45) is 0 Å². The molecule has 1 atom stereocenters. The van der Waals surface area contributed by atoms with Crippen molar-refractivity contribution in [1.82, 2.24) is 10.2 Å². The van der Waals surface area contributed by atoms with Crippen LogP contribution in [-0.2, 0) is 26.2 Å². The van der Waals surface area contributed by atoms with Crippen LogP contribution in [0.2, 0.25) is 5.02 Å². The number of halogens is 1. The molecule has 0 radical (unpaired) electrons. The minimum absolute atomic E-state index is 0.00429. The van der Waals surface area contributed by atoms with Crippen LogP contribution in [0.3, 0.4) is 0 Å². The predicted octanol–water partition coefficient (Wildman–Crippen LogP) is 5.58. The van der Waals surface area contributed by atoms with Crippen molar-refractivity contribution in [1.29, 1.82) is 0 Å². The number of amides is 2. The van der Waals surface area contributed by atoms with E-state index in [-0.39, 0.29) is 33.8 Å². The number of carbonyl (C=O) groups excluding carboxylic acids is 2. The molecule has 3 aromatic rings. The Morgan fingerprint density at radius 3 is 2.32 bits per heavy atom. The number of methoxy groups -OCH3 is 1. The highest BCUT2D eigenvalue weighted by molar-refractivity contribution is 7.92. The zero-order chi connectivity index (χ0) is 30.0. The molecule has 8 nitrogen and oxygen atoms in total. The van der Waals surface area contributed by atoms with Gasteiger partial charge in [-0.1, -0.05) is 74.3 Å². The van der Waals surface area contributed by atoms with E-state index < -0.39 is 28.5 Å². The molecule has 2 amide bonds. The Morgan fingerprint density at radius 2 is 1.68 bits per heavy atom. The van der Waals surface area contributed by atoms with Crippen LogP contribution in [0, 0.1) is 6.92 Å². The highest BCUT2D eigenvalue weighted by Crippen LogP contribution is 2.35. The van der Waals surface area contributed by atoms with Gasteiger partial charge in [-0.15, -0.1) is 0 Å². The van der Waals surface area contributed by atoms with Crippen molar-refractivity contribution in [3.63, 3.8) is 0 Å². The second kappa shape index (κ2) is 14.9. The van der Waals surface area contributed by atoms with E-state index in [1.165, 1.54) is 30.2 Å². The van der Waals surface area contributed by atoms with E-state index in [4.69, 9.17) is 16.3 Å². The summed E-state index contributed by atoms with van der Waals surface area (Å²) in [5, 5.41) is 3.21. The number of benzene rings is 3. The lowest BCUT2D eigenvalue weighted by atomic mass is 10.1. The monoisotopic (exact) mass is 599 g/mol. The summed E-state index contributed by atoms with van der Waals surface area (Å²) in [7, 11) is -2.82. The van der Waals surface area contributed by atoms with Crippen LogP contribution in [0.1, 0.15) is 44.2 Å². The quantitative estimate of drug-likeness (QED) is 0.244. The topological polar surface area (TPSA) is 96.0 Å². The number of hydrogen-bond acceptors (Lipinski definition) is 5. The van der Waals surface area contributed by atoms with Crippen LogP contribution in [0.4, 0.5) is 5.69 Å². The SMILES string of the molecule is CCCCNC(=O)C(CC)N(Cc1ccccc1C)C(=O)CN(c1cc(Cl)ccc1OC)S(=O)(=O)c1ccccc1. The zero-order valence-electron chi connectivity index (χ0n) is 24.0. The Hall–Kier alpha value is -3.56. The number of nitrogens with zero attached hydrogens (tertiary/aromatic N) is 2. The van der Waals surface area contributed by atoms with Crippen molar-refractivity contribution in [2.45, 2.75) is 57.5 Å². The summed E-state index contributed by atoms with van der Waals surface area (Å²) in [6.45, 7) is 5.86. The van der Waals surface area contributed by atoms with Gasteiger partial charge in [0.05, 0.1) is 17.7 Å². The molecule has 0 aliphatic carbocycles. The third-order valence-corrected chi connectivity index (χ3v) is 8.85. The van der Waals surface area contributed by atoms with E-state index in [0.29, 0.717) is 13.0 Å². The second-order valence-corrected chi connectivity index (χ2v) is 12.0. The van der Waals surface area contributed by atoms with Gasteiger partial charge in [-0.05, 0) is 61.2 Å². The summed E-state index contributed by atoms with van der Waals surface area (Å²) in [5.41, 5.74) is 1.93. The minimum atomic E-state index is -4.24. The largest absolute Gasteiger partial charge is 0.495 e.